The van der Waals surface area contributed by atoms with Gasteiger partial charge < -0.3 is 24.8 Å². The average molecular weight is 555 g/mol. The number of benzene rings is 1. The number of aliphatic hydroxyl groups is 1. The normalized spacial score (nSPS) is 18.6. The van der Waals surface area contributed by atoms with Crippen molar-refractivity contribution in [2.45, 2.75) is 52.1 Å². The summed E-state index contributed by atoms with van der Waals surface area (Å²) in [5, 5.41) is 18.7. The number of carboxylic acids is 1. The van der Waals surface area contributed by atoms with E-state index >= 15 is 8.78 Å². The van der Waals surface area contributed by atoms with Crippen LogP contribution >= 0.6 is 0 Å². The molecule has 0 radical (unpaired) electrons. The van der Waals surface area contributed by atoms with Crippen LogP contribution in [0.5, 0.6) is 6.01 Å². The fourth-order valence-electron chi connectivity index (χ4n) is 5.20. The van der Waals surface area contributed by atoms with E-state index in [0.717, 1.165) is 5.57 Å². The van der Waals surface area contributed by atoms with Gasteiger partial charge in [0.15, 0.2) is 11.5 Å². The topological polar surface area (TPSA) is 129 Å². The van der Waals surface area contributed by atoms with E-state index in [2.05, 4.69) is 15.0 Å². The van der Waals surface area contributed by atoms with E-state index in [1.807, 2.05) is 6.08 Å². The summed E-state index contributed by atoms with van der Waals surface area (Å²) in [7, 11) is 0. The number of aromatic amines is 1. The second kappa shape index (κ2) is 11.0. The third kappa shape index (κ3) is 5.56. The number of nitrogens with one attached hydrogen (secondary N) is 1. The van der Waals surface area contributed by atoms with Gasteiger partial charge in [0.25, 0.3) is 6.01 Å². The van der Waals surface area contributed by atoms with Crippen LogP contribution in [0.1, 0.15) is 51.5 Å². The zero-order valence-corrected chi connectivity index (χ0v) is 22.4. The number of aliphatic carboxylic acids is 1. The summed E-state index contributed by atoms with van der Waals surface area (Å²) >= 11 is 0. The quantitative estimate of drug-likeness (QED) is 0.391. The van der Waals surface area contributed by atoms with E-state index in [9.17, 15) is 19.8 Å². The number of likely N-dealkylation sites (tertiary alicyclic amines) is 1. The van der Waals surface area contributed by atoms with Crippen LogP contribution in [0.3, 0.4) is 0 Å². The number of allylic oxidation sites excluding steroid dienone is 2. The van der Waals surface area contributed by atoms with Crippen LogP contribution in [-0.2, 0) is 9.59 Å². The second-order valence-corrected chi connectivity index (χ2v) is 11.1. The lowest BCUT2D eigenvalue weighted by Gasteiger charge is -2.36. The number of ether oxygens (including phenoxy) is 1. The molecule has 1 amide bonds. The Balaban J connectivity index is 1.29. The number of rotatable bonds is 7. The molecule has 1 aliphatic heterocycles. The molecule has 3 N–H and O–H groups in total. The number of H-pyrrole nitrogens is 1. The number of fused-ring (bicyclic) bond motifs is 1. The highest BCUT2D eigenvalue weighted by molar-refractivity contribution is 5.82. The van der Waals surface area contributed by atoms with Crippen LogP contribution in [-0.4, -0.2) is 67.7 Å². The lowest BCUT2D eigenvalue weighted by Crippen LogP contribution is -2.48. The van der Waals surface area contributed by atoms with Crippen LogP contribution in [0.4, 0.5) is 8.78 Å². The van der Waals surface area contributed by atoms with Gasteiger partial charge in [-0.3, -0.25) is 9.59 Å². The summed E-state index contributed by atoms with van der Waals surface area (Å²) in [4.78, 5) is 37.0. The predicted octanol–water partition coefficient (Wildman–Crippen LogP) is 4.56. The van der Waals surface area contributed by atoms with Crippen LogP contribution in [0.25, 0.3) is 28.0 Å². The Hall–Kier alpha value is -3.86. The van der Waals surface area contributed by atoms with Gasteiger partial charge in [0, 0.05) is 37.6 Å². The smallest absolute Gasteiger partial charge is 0.306 e. The molecule has 1 atom stereocenters. The molecule has 40 heavy (non-hydrogen) atoms. The number of hydrogen-bond acceptors (Lipinski definition) is 6. The van der Waals surface area contributed by atoms with Crippen molar-refractivity contribution < 1.29 is 33.3 Å². The second-order valence-electron chi connectivity index (χ2n) is 11.1. The third-order valence-corrected chi connectivity index (χ3v) is 7.74. The molecule has 0 spiro atoms. The number of carboxylic acid groups (broad SMARTS) is 1. The summed E-state index contributed by atoms with van der Waals surface area (Å²) in [6.45, 7) is 4.15. The number of nitrogens with zero attached hydrogens (tertiary/aromatic N) is 3. The maximum Gasteiger partial charge on any atom is 0.306 e. The molecule has 1 saturated heterocycles. The Morgan fingerprint density at radius 2 is 1.88 bits per heavy atom. The lowest BCUT2D eigenvalue weighted by molar-refractivity contribution is -0.144. The Labute approximate surface area is 229 Å². The molecule has 0 bridgehead atoms. The van der Waals surface area contributed by atoms with E-state index in [1.54, 1.807) is 24.8 Å². The average Bonchev–Trinajstić information content (AvgIpc) is 3.33. The van der Waals surface area contributed by atoms with Gasteiger partial charge in [-0.15, -0.1) is 0 Å². The zero-order valence-electron chi connectivity index (χ0n) is 22.4. The molecule has 1 aliphatic carbocycles. The fraction of sp³-hybridized carbons (Fsp3) is 0.448. The van der Waals surface area contributed by atoms with Crippen LogP contribution in [0.15, 0.2) is 30.3 Å². The number of imidazole rings is 1. The van der Waals surface area contributed by atoms with Crippen molar-refractivity contribution in [1.82, 2.24) is 19.9 Å². The van der Waals surface area contributed by atoms with Gasteiger partial charge in [0.2, 0.25) is 5.91 Å². The van der Waals surface area contributed by atoms with Crippen molar-refractivity contribution in [1.29, 1.82) is 0 Å². The molecule has 9 nitrogen and oxygen atoms in total. The number of pyridine rings is 1. The Morgan fingerprint density at radius 3 is 2.50 bits per heavy atom. The minimum absolute atomic E-state index is 0.00344. The molecule has 212 valence electrons. The molecule has 1 unspecified atom stereocenters. The maximum absolute atomic E-state index is 15.2. The van der Waals surface area contributed by atoms with Gasteiger partial charge in [0.1, 0.15) is 17.6 Å². The molecule has 1 aromatic carbocycles. The van der Waals surface area contributed by atoms with E-state index in [-0.39, 0.29) is 41.5 Å². The van der Waals surface area contributed by atoms with E-state index in [0.29, 0.717) is 56.3 Å². The summed E-state index contributed by atoms with van der Waals surface area (Å²) in [5.74, 6) is -2.72. The van der Waals surface area contributed by atoms with Crippen LogP contribution in [0.2, 0.25) is 0 Å². The first-order valence-corrected chi connectivity index (χ1v) is 13.4. The van der Waals surface area contributed by atoms with Crippen molar-refractivity contribution >= 4 is 28.6 Å². The molecular weight excluding hydrogens is 522 g/mol. The summed E-state index contributed by atoms with van der Waals surface area (Å²) in [6.07, 6.45) is 4.16. The largest absolute Gasteiger partial charge is 0.481 e. The number of aromatic nitrogens is 3. The number of piperidine rings is 1. The first-order valence-electron chi connectivity index (χ1n) is 13.4. The van der Waals surface area contributed by atoms with Crippen LogP contribution < -0.4 is 4.74 Å². The monoisotopic (exact) mass is 554 g/mol. The zero-order chi connectivity index (χ0) is 28.6. The summed E-state index contributed by atoms with van der Waals surface area (Å²) in [6, 6.07) is 5.86. The SMILES string of the molecule is CC(C)(CO)C(=O)N1CCC(Oc2nc3nc(-c4ccc(C5=CCC(C(=O)O)CC5)cc4F)c(F)cc3[nH]2)CC1. The van der Waals surface area contributed by atoms with Crippen molar-refractivity contribution in [3.63, 3.8) is 0 Å². The highest BCUT2D eigenvalue weighted by atomic mass is 19.1. The number of halogens is 2. The molecule has 5 rings (SSSR count). The van der Waals surface area contributed by atoms with Crippen molar-refractivity contribution in [3.05, 3.63) is 47.5 Å². The van der Waals surface area contributed by atoms with E-state index in [1.165, 1.54) is 18.2 Å². The highest BCUT2D eigenvalue weighted by Gasteiger charge is 2.34. The Morgan fingerprint density at radius 1 is 1.12 bits per heavy atom. The molecule has 1 fully saturated rings. The molecule has 0 saturated carbocycles. The van der Waals surface area contributed by atoms with Crippen molar-refractivity contribution in [2.24, 2.45) is 11.3 Å². The molecule has 11 heteroatoms. The van der Waals surface area contributed by atoms with Crippen molar-refractivity contribution in [3.8, 4) is 17.3 Å². The molecule has 3 heterocycles. The van der Waals surface area contributed by atoms with Gasteiger partial charge in [-0.1, -0.05) is 12.1 Å². The number of carbonyl (C=O) groups is 2. The minimum Gasteiger partial charge on any atom is -0.481 e. The van der Waals surface area contributed by atoms with Gasteiger partial charge in [-0.2, -0.15) is 4.98 Å². The Bertz CT molecular complexity index is 1480. The number of amides is 1. The number of hydrogen-bond donors (Lipinski definition) is 3. The van der Waals surface area contributed by atoms with Gasteiger partial charge in [0.05, 0.1) is 23.5 Å². The van der Waals surface area contributed by atoms with Gasteiger partial charge in [-0.25, -0.2) is 13.8 Å². The summed E-state index contributed by atoms with van der Waals surface area (Å²) < 4.78 is 36.1. The molecule has 2 aromatic heterocycles. The highest BCUT2D eigenvalue weighted by Crippen LogP contribution is 2.34. The molecular formula is C29H32F2N4O5. The first-order chi connectivity index (χ1) is 19.1. The standard InChI is InChI=1S/C29H32F2N4O5/c1-29(2,15-36)27(39)35-11-9-19(10-12-35)40-28-32-23-14-22(31)24(33-25(23)34-28)20-8-7-18(13-21(20)30)16-3-5-17(6-4-16)26(37)38/h3,7-8,13-14,17,19,36H,4-6,9-12,15H2,1-2H3,(H,37,38)(H,32,33,34). The summed E-state index contributed by atoms with van der Waals surface area (Å²) in [5.41, 5.74) is 0.988. The van der Waals surface area contributed by atoms with Crippen LogP contribution in [0, 0.1) is 23.0 Å². The lowest BCUT2D eigenvalue weighted by atomic mass is 9.86. The van der Waals surface area contributed by atoms with Gasteiger partial charge >= 0.3 is 5.97 Å². The number of carbonyl (C=O) groups excluding carboxylic acids is 1. The minimum atomic E-state index is -0.835. The van der Waals surface area contributed by atoms with Crippen molar-refractivity contribution in [2.75, 3.05) is 19.7 Å². The third-order valence-electron chi connectivity index (χ3n) is 7.74. The van der Waals surface area contributed by atoms with E-state index in [4.69, 9.17) is 4.74 Å². The maximum atomic E-state index is 15.2. The van der Waals surface area contributed by atoms with Gasteiger partial charge in [-0.05, 0) is 56.4 Å². The predicted molar refractivity (Wildman–Crippen MR) is 143 cm³/mol. The Kier molecular flexibility index (Phi) is 7.59. The fourth-order valence-corrected chi connectivity index (χ4v) is 5.20. The number of aliphatic hydroxyl groups excluding tert-OH is 1. The first kappa shape index (κ1) is 27.7. The van der Waals surface area contributed by atoms with E-state index < -0.39 is 28.9 Å². The molecule has 3 aromatic rings. The molecule has 2 aliphatic rings.